The number of fused-ring (bicyclic) bond motifs is 1. The van der Waals surface area contributed by atoms with Crippen LogP contribution in [0.25, 0.3) is 22.0 Å². The Bertz CT molecular complexity index is 1640. The topological polar surface area (TPSA) is 97.5 Å². The molecule has 3 aromatic carbocycles. The molecule has 1 aliphatic rings. The largest absolute Gasteiger partial charge is 0.545 e. The molecular formula is C29H19Cl2N2O5-. The van der Waals surface area contributed by atoms with Crippen LogP contribution in [0, 0.1) is 0 Å². The number of carbonyl (C=O) groups is 1. The number of nitrogens with zero attached hydrogens (tertiary/aromatic N) is 2. The molecule has 0 amide bonds. The molecule has 0 bridgehead atoms. The van der Waals surface area contributed by atoms with Crippen LogP contribution in [0.3, 0.4) is 0 Å². The first-order chi connectivity index (χ1) is 18.5. The van der Waals surface area contributed by atoms with Crippen LogP contribution in [-0.4, -0.2) is 16.1 Å². The van der Waals surface area contributed by atoms with E-state index in [1.165, 1.54) is 18.3 Å². The molecule has 1 fully saturated rings. The zero-order valence-electron chi connectivity index (χ0n) is 19.8. The van der Waals surface area contributed by atoms with Crippen LogP contribution in [-0.2, 0) is 6.61 Å². The maximum Gasteiger partial charge on any atom is 0.219 e. The van der Waals surface area contributed by atoms with Gasteiger partial charge in [-0.2, -0.15) is 0 Å². The molecule has 5 aromatic rings. The summed E-state index contributed by atoms with van der Waals surface area (Å²) in [6, 6.07) is 19.6. The average molecular weight is 546 g/mol. The van der Waals surface area contributed by atoms with Gasteiger partial charge >= 0.3 is 0 Å². The zero-order chi connectivity index (χ0) is 26.2. The van der Waals surface area contributed by atoms with E-state index in [9.17, 15) is 9.90 Å². The molecule has 0 saturated heterocycles. The van der Waals surface area contributed by atoms with Gasteiger partial charge < -0.3 is 23.9 Å². The fourth-order valence-electron chi connectivity index (χ4n) is 4.24. The average Bonchev–Trinajstić information content (AvgIpc) is 3.68. The summed E-state index contributed by atoms with van der Waals surface area (Å²) in [7, 11) is 0. The van der Waals surface area contributed by atoms with Crippen molar-refractivity contribution in [2.75, 3.05) is 0 Å². The molecule has 7 nitrogen and oxygen atoms in total. The summed E-state index contributed by atoms with van der Waals surface area (Å²) in [5, 5.41) is 18.1. The quantitative estimate of drug-likeness (QED) is 0.211. The van der Waals surface area contributed by atoms with Crippen LogP contribution >= 0.6 is 23.2 Å². The molecule has 9 heteroatoms. The number of rotatable bonds is 8. The second-order valence-corrected chi connectivity index (χ2v) is 9.79. The standard InChI is InChI=1S/C29H20Cl2N2O5/c30-23-2-1-3-24(31)26(23)27-22(28(38-33-27)16-4-5-16)15-36-20-9-6-18-13-21(10-7-17(18)12-20)37-25-11-8-19(14-32-25)29(34)35/h1-3,6-14,16H,4-5,15H2,(H,34,35)/p-1. The smallest absolute Gasteiger partial charge is 0.219 e. The summed E-state index contributed by atoms with van der Waals surface area (Å²) in [6.45, 7) is 0.256. The van der Waals surface area contributed by atoms with E-state index in [2.05, 4.69) is 10.1 Å². The van der Waals surface area contributed by atoms with Crippen LogP contribution in [0.2, 0.25) is 10.0 Å². The fourth-order valence-corrected chi connectivity index (χ4v) is 4.82. The van der Waals surface area contributed by atoms with Gasteiger partial charge in [0.05, 0.1) is 21.6 Å². The Kier molecular flexibility index (Phi) is 6.39. The van der Waals surface area contributed by atoms with Crippen molar-refractivity contribution >= 4 is 39.9 Å². The summed E-state index contributed by atoms with van der Waals surface area (Å²) in [4.78, 5) is 14.9. The van der Waals surface area contributed by atoms with E-state index in [1.807, 2.05) is 36.4 Å². The minimum absolute atomic E-state index is 0.0130. The molecule has 1 saturated carbocycles. The lowest BCUT2D eigenvalue weighted by atomic mass is 10.0. The second kappa shape index (κ2) is 10.0. The normalized spacial score (nSPS) is 13.0. The molecule has 0 radical (unpaired) electrons. The highest BCUT2D eigenvalue weighted by atomic mass is 35.5. The Morgan fingerprint density at radius 2 is 1.68 bits per heavy atom. The monoisotopic (exact) mass is 545 g/mol. The van der Waals surface area contributed by atoms with Gasteiger partial charge in [0.1, 0.15) is 29.6 Å². The van der Waals surface area contributed by atoms with Crippen LogP contribution in [0.1, 0.15) is 40.4 Å². The number of ether oxygens (including phenoxy) is 2. The zero-order valence-corrected chi connectivity index (χ0v) is 21.3. The lowest BCUT2D eigenvalue weighted by molar-refractivity contribution is -0.255. The lowest BCUT2D eigenvalue weighted by Gasteiger charge is -2.11. The third kappa shape index (κ3) is 4.90. The number of pyridine rings is 1. The number of hydrogen-bond donors (Lipinski definition) is 0. The van der Waals surface area contributed by atoms with Crippen molar-refractivity contribution in [2.45, 2.75) is 25.4 Å². The van der Waals surface area contributed by atoms with E-state index >= 15 is 0 Å². The number of aromatic nitrogens is 2. The number of carboxylic acids is 1. The van der Waals surface area contributed by atoms with Crippen LogP contribution in [0.4, 0.5) is 0 Å². The number of halogens is 2. The highest BCUT2D eigenvalue weighted by Gasteiger charge is 2.33. The van der Waals surface area contributed by atoms with Gasteiger partial charge in [0.2, 0.25) is 5.88 Å². The summed E-state index contributed by atoms with van der Waals surface area (Å²) in [5.74, 6) is 1.40. The van der Waals surface area contributed by atoms with Gasteiger partial charge in [-0.1, -0.05) is 46.6 Å². The van der Waals surface area contributed by atoms with Crippen LogP contribution in [0.5, 0.6) is 17.4 Å². The molecule has 0 aliphatic heterocycles. The van der Waals surface area contributed by atoms with Crippen molar-refractivity contribution in [3.8, 4) is 28.6 Å². The van der Waals surface area contributed by atoms with Crippen LogP contribution < -0.4 is 14.6 Å². The lowest BCUT2D eigenvalue weighted by Crippen LogP contribution is -2.22. The molecule has 190 valence electrons. The SMILES string of the molecule is O=C([O-])c1ccc(Oc2ccc3cc(OCc4c(-c5c(Cl)cccc5Cl)noc4C4CC4)ccc3c2)nc1. The van der Waals surface area contributed by atoms with E-state index in [0.29, 0.717) is 38.7 Å². The first-order valence-electron chi connectivity index (χ1n) is 11.9. The molecule has 2 aromatic heterocycles. The van der Waals surface area contributed by atoms with Crippen molar-refractivity contribution < 1.29 is 23.9 Å². The predicted molar refractivity (Wildman–Crippen MR) is 141 cm³/mol. The minimum Gasteiger partial charge on any atom is -0.545 e. The summed E-state index contributed by atoms with van der Waals surface area (Å²) >= 11 is 12.9. The van der Waals surface area contributed by atoms with Gasteiger partial charge in [0, 0.05) is 29.3 Å². The Morgan fingerprint density at radius 3 is 2.34 bits per heavy atom. The van der Waals surface area contributed by atoms with Gasteiger partial charge in [-0.05, 0) is 66.1 Å². The predicted octanol–water partition coefficient (Wildman–Crippen LogP) is 6.81. The Morgan fingerprint density at radius 1 is 0.974 bits per heavy atom. The molecule has 0 N–H and O–H groups in total. The Labute approximate surface area is 227 Å². The summed E-state index contributed by atoms with van der Waals surface area (Å²) in [6.07, 6.45) is 3.30. The first kappa shape index (κ1) is 24.3. The van der Waals surface area contributed by atoms with E-state index < -0.39 is 5.97 Å². The van der Waals surface area contributed by atoms with Crippen molar-refractivity contribution in [1.29, 1.82) is 0 Å². The molecule has 0 atom stereocenters. The van der Waals surface area contributed by atoms with Gasteiger partial charge in [-0.25, -0.2) is 4.98 Å². The Balaban J connectivity index is 1.22. The summed E-state index contributed by atoms with van der Waals surface area (Å²) in [5.41, 5.74) is 2.08. The fraction of sp³-hybridized carbons (Fsp3) is 0.138. The highest BCUT2D eigenvalue weighted by molar-refractivity contribution is 6.39. The third-order valence-corrected chi connectivity index (χ3v) is 6.96. The van der Waals surface area contributed by atoms with E-state index in [-0.39, 0.29) is 18.1 Å². The molecule has 38 heavy (non-hydrogen) atoms. The molecule has 6 rings (SSSR count). The molecule has 1 aliphatic carbocycles. The highest BCUT2D eigenvalue weighted by Crippen LogP contribution is 2.46. The number of hydrogen-bond acceptors (Lipinski definition) is 7. The van der Waals surface area contributed by atoms with Crippen molar-refractivity contribution in [3.63, 3.8) is 0 Å². The number of carboxylic acid groups (broad SMARTS) is 1. The first-order valence-corrected chi connectivity index (χ1v) is 12.7. The maximum atomic E-state index is 10.9. The summed E-state index contributed by atoms with van der Waals surface area (Å²) < 4.78 is 17.7. The van der Waals surface area contributed by atoms with E-state index in [0.717, 1.165) is 34.9 Å². The molecule has 2 heterocycles. The molecule has 0 unspecified atom stereocenters. The number of aromatic carboxylic acids is 1. The molecule has 0 spiro atoms. The van der Waals surface area contributed by atoms with Crippen LogP contribution in [0.15, 0.2) is 77.4 Å². The number of carbonyl (C=O) groups excluding carboxylic acids is 1. The van der Waals surface area contributed by atoms with Crippen molar-refractivity contribution in [3.05, 3.63) is 99.9 Å². The third-order valence-electron chi connectivity index (χ3n) is 6.33. The minimum atomic E-state index is -1.29. The van der Waals surface area contributed by atoms with Gasteiger partial charge in [-0.3, -0.25) is 0 Å². The van der Waals surface area contributed by atoms with Gasteiger partial charge in [-0.15, -0.1) is 0 Å². The van der Waals surface area contributed by atoms with Crippen molar-refractivity contribution in [1.82, 2.24) is 10.1 Å². The second-order valence-electron chi connectivity index (χ2n) is 8.98. The number of benzene rings is 3. The maximum absolute atomic E-state index is 10.9. The van der Waals surface area contributed by atoms with Gasteiger partial charge in [0.15, 0.2) is 0 Å². The Hall–Kier alpha value is -4.07. The molecular weight excluding hydrogens is 527 g/mol. The van der Waals surface area contributed by atoms with Gasteiger partial charge in [0.25, 0.3) is 0 Å². The van der Waals surface area contributed by atoms with E-state index in [4.69, 9.17) is 37.2 Å². The van der Waals surface area contributed by atoms with E-state index in [1.54, 1.807) is 18.2 Å². The van der Waals surface area contributed by atoms with Crippen molar-refractivity contribution in [2.24, 2.45) is 0 Å².